The van der Waals surface area contributed by atoms with Crippen LogP contribution in [-0.4, -0.2) is 37.5 Å². The number of aliphatic hydroxyl groups is 2. The van der Waals surface area contributed by atoms with Gasteiger partial charge in [-0.25, -0.2) is 0 Å². The van der Waals surface area contributed by atoms with Crippen molar-refractivity contribution in [3.8, 4) is 5.75 Å². The Hall–Kier alpha value is -1.26. The molecule has 2 N–H and O–H groups in total. The van der Waals surface area contributed by atoms with E-state index in [2.05, 4.69) is 4.90 Å². The Morgan fingerprint density at radius 2 is 2.00 bits per heavy atom. The number of methoxy groups -OCH3 is 1. The van der Waals surface area contributed by atoms with E-state index < -0.39 is 6.10 Å². The summed E-state index contributed by atoms with van der Waals surface area (Å²) >= 11 is 0. The standard InChI is InChI=1S/C15H25NO3/c1-12(18)15-13(8-7-9-14(15)19-3)16(2)10-5-4-6-11-17/h7-9,12,17-18H,4-6,10-11H2,1-3H3/t12-/m1/s1. The molecule has 0 aromatic heterocycles. The molecule has 0 saturated heterocycles. The molecular weight excluding hydrogens is 242 g/mol. The first-order valence-corrected chi connectivity index (χ1v) is 6.78. The maximum absolute atomic E-state index is 9.94. The Labute approximate surface area is 115 Å². The van der Waals surface area contributed by atoms with Crippen LogP contribution in [0.15, 0.2) is 18.2 Å². The molecule has 19 heavy (non-hydrogen) atoms. The molecule has 0 spiro atoms. The van der Waals surface area contributed by atoms with Crippen LogP contribution < -0.4 is 9.64 Å². The van der Waals surface area contributed by atoms with Crippen LogP contribution in [0.1, 0.15) is 37.9 Å². The van der Waals surface area contributed by atoms with Crippen molar-refractivity contribution in [1.82, 2.24) is 0 Å². The van der Waals surface area contributed by atoms with Gasteiger partial charge < -0.3 is 19.8 Å². The molecule has 0 aliphatic rings. The zero-order valence-electron chi connectivity index (χ0n) is 12.1. The minimum absolute atomic E-state index is 0.252. The summed E-state index contributed by atoms with van der Waals surface area (Å²) in [6, 6.07) is 5.80. The fourth-order valence-electron chi connectivity index (χ4n) is 2.22. The molecule has 0 saturated carbocycles. The average molecular weight is 267 g/mol. The lowest BCUT2D eigenvalue weighted by molar-refractivity contribution is 0.194. The zero-order chi connectivity index (χ0) is 14.3. The minimum atomic E-state index is -0.564. The second-order valence-electron chi connectivity index (χ2n) is 4.77. The number of benzene rings is 1. The molecule has 0 aliphatic heterocycles. The van der Waals surface area contributed by atoms with Gasteiger partial charge in [0, 0.05) is 31.5 Å². The van der Waals surface area contributed by atoms with E-state index in [-0.39, 0.29) is 6.61 Å². The SMILES string of the molecule is COc1cccc(N(C)CCCCCO)c1[C@@H](C)O. The molecule has 1 aromatic rings. The van der Waals surface area contributed by atoms with Crippen molar-refractivity contribution in [2.24, 2.45) is 0 Å². The van der Waals surface area contributed by atoms with E-state index in [0.717, 1.165) is 42.8 Å². The summed E-state index contributed by atoms with van der Waals surface area (Å²) < 4.78 is 5.32. The lowest BCUT2D eigenvalue weighted by Crippen LogP contribution is -2.21. The second kappa shape index (κ2) is 8.02. The van der Waals surface area contributed by atoms with Crippen LogP contribution in [-0.2, 0) is 0 Å². The van der Waals surface area contributed by atoms with E-state index in [1.165, 1.54) is 0 Å². The van der Waals surface area contributed by atoms with Gasteiger partial charge in [0.2, 0.25) is 0 Å². The quantitative estimate of drug-likeness (QED) is 0.710. The van der Waals surface area contributed by atoms with Crippen LogP contribution in [0.2, 0.25) is 0 Å². The summed E-state index contributed by atoms with van der Waals surface area (Å²) in [6.45, 7) is 2.90. The number of ether oxygens (including phenoxy) is 1. The molecule has 0 fully saturated rings. The normalized spacial score (nSPS) is 12.3. The van der Waals surface area contributed by atoms with Crippen LogP contribution in [0.3, 0.4) is 0 Å². The van der Waals surface area contributed by atoms with Crippen molar-refractivity contribution in [3.63, 3.8) is 0 Å². The highest BCUT2D eigenvalue weighted by atomic mass is 16.5. The third kappa shape index (κ3) is 4.40. The van der Waals surface area contributed by atoms with E-state index in [1.54, 1.807) is 14.0 Å². The summed E-state index contributed by atoms with van der Waals surface area (Å²) in [7, 11) is 3.63. The molecule has 108 valence electrons. The molecule has 0 aliphatic carbocycles. The van der Waals surface area contributed by atoms with Gasteiger partial charge in [-0.05, 0) is 38.3 Å². The van der Waals surface area contributed by atoms with Gasteiger partial charge in [-0.15, -0.1) is 0 Å². The number of unbranched alkanes of at least 4 members (excludes halogenated alkanes) is 2. The van der Waals surface area contributed by atoms with Gasteiger partial charge in [0.05, 0.1) is 13.2 Å². The summed E-state index contributed by atoms with van der Waals surface area (Å²) in [5.41, 5.74) is 1.83. The molecule has 0 amide bonds. The largest absolute Gasteiger partial charge is 0.496 e. The van der Waals surface area contributed by atoms with Gasteiger partial charge in [0.25, 0.3) is 0 Å². The van der Waals surface area contributed by atoms with Gasteiger partial charge in [-0.1, -0.05) is 6.07 Å². The third-order valence-electron chi connectivity index (χ3n) is 3.24. The first-order chi connectivity index (χ1) is 9.11. The Balaban J connectivity index is 2.80. The Morgan fingerprint density at radius 3 is 2.58 bits per heavy atom. The fraction of sp³-hybridized carbons (Fsp3) is 0.600. The highest BCUT2D eigenvalue weighted by Crippen LogP contribution is 2.34. The third-order valence-corrected chi connectivity index (χ3v) is 3.24. The Bertz CT molecular complexity index is 380. The highest BCUT2D eigenvalue weighted by Gasteiger charge is 2.16. The molecule has 1 aromatic carbocycles. The zero-order valence-corrected chi connectivity index (χ0v) is 12.1. The van der Waals surface area contributed by atoms with Gasteiger partial charge in [-0.2, -0.15) is 0 Å². The maximum Gasteiger partial charge on any atom is 0.126 e. The molecule has 1 rings (SSSR count). The van der Waals surface area contributed by atoms with Gasteiger partial charge >= 0.3 is 0 Å². The number of nitrogens with zero attached hydrogens (tertiary/aromatic N) is 1. The highest BCUT2D eigenvalue weighted by molar-refractivity contribution is 5.60. The summed E-state index contributed by atoms with van der Waals surface area (Å²) in [5.74, 6) is 0.717. The molecule has 0 heterocycles. The number of hydrogen-bond acceptors (Lipinski definition) is 4. The Morgan fingerprint density at radius 1 is 1.26 bits per heavy atom. The first-order valence-electron chi connectivity index (χ1n) is 6.78. The maximum atomic E-state index is 9.94. The summed E-state index contributed by atoms with van der Waals surface area (Å²) in [6.07, 6.45) is 2.31. The number of aliphatic hydroxyl groups excluding tert-OH is 2. The van der Waals surface area contributed by atoms with E-state index in [0.29, 0.717) is 0 Å². The van der Waals surface area contributed by atoms with Crippen molar-refractivity contribution in [3.05, 3.63) is 23.8 Å². The van der Waals surface area contributed by atoms with Crippen molar-refractivity contribution in [2.45, 2.75) is 32.3 Å². The number of anilines is 1. The summed E-state index contributed by atoms with van der Waals surface area (Å²) in [5, 5.41) is 18.7. The summed E-state index contributed by atoms with van der Waals surface area (Å²) in [4.78, 5) is 2.13. The fourth-order valence-corrected chi connectivity index (χ4v) is 2.22. The number of rotatable bonds is 8. The van der Waals surface area contributed by atoms with Gasteiger partial charge in [0.1, 0.15) is 5.75 Å². The van der Waals surface area contributed by atoms with E-state index in [4.69, 9.17) is 9.84 Å². The first kappa shape index (κ1) is 15.8. The van der Waals surface area contributed by atoms with Crippen molar-refractivity contribution in [2.75, 3.05) is 32.2 Å². The predicted octanol–water partition coefficient (Wildman–Crippen LogP) is 2.35. The second-order valence-corrected chi connectivity index (χ2v) is 4.77. The van der Waals surface area contributed by atoms with Crippen molar-refractivity contribution in [1.29, 1.82) is 0 Å². The van der Waals surface area contributed by atoms with Crippen LogP contribution in [0.5, 0.6) is 5.75 Å². The van der Waals surface area contributed by atoms with Crippen LogP contribution in [0.4, 0.5) is 5.69 Å². The molecule has 0 radical (unpaired) electrons. The Kier molecular flexibility index (Phi) is 6.67. The predicted molar refractivity (Wildman–Crippen MR) is 77.8 cm³/mol. The molecule has 1 atom stereocenters. The smallest absolute Gasteiger partial charge is 0.126 e. The lowest BCUT2D eigenvalue weighted by Gasteiger charge is -2.25. The molecular formula is C15H25NO3. The molecule has 0 unspecified atom stereocenters. The van der Waals surface area contributed by atoms with Crippen molar-refractivity contribution < 1.29 is 14.9 Å². The van der Waals surface area contributed by atoms with E-state index >= 15 is 0 Å². The van der Waals surface area contributed by atoms with Gasteiger partial charge in [-0.3, -0.25) is 0 Å². The van der Waals surface area contributed by atoms with Crippen LogP contribution in [0, 0.1) is 0 Å². The molecule has 0 bridgehead atoms. The van der Waals surface area contributed by atoms with Crippen molar-refractivity contribution >= 4 is 5.69 Å². The lowest BCUT2D eigenvalue weighted by atomic mass is 10.1. The molecule has 4 nitrogen and oxygen atoms in total. The van der Waals surface area contributed by atoms with E-state index in [9.17, 15) is 5.11 Å². The van der Waals surface area contributed by atoms with Crippen LogP contribution >= 0.6 is 0 Å². The topological polar surface area (TPSA) is 52.9 Å². The van der Waals surface area contributed by atoms with Gasteiger partial charge in [0.15, 0.2) is 0 Å². The monoisotopic (exact) mass is 267 g/mol. The average Bonchev–Trinajstić information content (AvgIpc) is 2.42. The number of hydrogen-bond donors (Lipinski definition) is 2. The van der Waals surface area contributed by atoms with Crippen LogP contribution in [0.25, 0.3) is 0 Å². The van der Waals surface area contributed by atoms with E-state index in [1.807, 2.05) is 25.2 Å². The molecule has 4 heteroatoms. The minimum Gasteiger partial charge on any atom is -0.496 e.